The van der Waals surface area contributed by atoms with Gasteiger partial charge in [0.2, 0.25) is 0 Å². The summed E-state index contributed by atoms with van der Waals surface area (Å²) >= 11 is 0. The lowest BCUT2D eigenvalue weighted by Gasteiger charge is -1.80. The molecule has 0 aromatic heterocycles. The normalized spacial score (nSPS) is 9.00. The Morgan fingerprint density at radius 1 is 1.00 bits per heavy atom. The molecule has 0 saturated carbocycles. The van der Waals surface area contributed by atoms with Crippen molar-refractivity contribution in [3.63, 3.8) is 0 Å². The quantitative estimate of drug-likeness (QED) is 0.384. The van der Waals surface area contributed by atoms with E-state index in [-0.39, 0.29) is 7.92 Å². The van der Waals surface area contributed by atoms with Crippen LogP contribution in [0.1, 0.15) is 0 Å². The summed E-state index contributed by atoms with van der Waals surface area (Å²) in [6.45, 7) is 10.4. The fraction of sp³-hybridized carbons (Fsp3) is 0. The zero-order valence-corrected chi connectivity index (χ0v) is 3.46. The second kappa shape index (κ2) is 1.72. The molecule has 4 heavy (non-hydrogen) atoms. The maximum absolute atomic E-state index is 3.48. The van der Waals surface area contributed by atoms with E-state index >= 15 is 0 Å². The van der Waals surface area contributed by atoms with Crippen molar-refractivity contribution in [2.24, 2.45) is 0 Å². The predicted octanol–water partition coefficient (Wildman–Crippen LogP) is 1.84. The van der Waals surface area contributed by atoms with E-state index in [9.17, 15) is 0 Å². The molecule has 0 atom stereocenters. The van der Waals surface area contributed by atoms with E-state index in [0.29, 0.717) is 0 Å². The van der Waals surface area contributed by atoms with Crippen LogP contribution in [0, 0.1) is 20.0 Å². The van der Waals surface area contributed by atoms with Crippen LogP contribution in [-0.2, 0) is 0 Å². The van der Waals surface area contributed by atoms with Crippen LogP contribution in [0.2, 0.25) is 0 Å². The zero-order chi connectivity index (χ0) is 3.58. The summed E-state index contributed by atoms with van der Waals surface area (Å²) in [5, 5.41) is 0. The first-order valence-corrected chi connectivity index (χ1v) is 2.85. The summed E-state index contributed by atoms with van der Waals surface area (Å²) in [7, 11) is -0.370. The molecule has 3 radical (unpaired) electrons. The first-order valence-electron chi connectivity index (χ1n) is 0.949. The van der Waals surface area contributed by atoms with E-state index in [1.54, 1.807) is 0 Å². The number of rotatable bonds is 0. The Hall–Kier alpha value is 0.430. The highest BCUT2D eigenvalue weighted by Crippen LogP contribution is 2.25. The standard InChI is InChI=1S/C3H6P/c1-4(2)3/h1-3H2. The van der Waals surface area contributed by atoms with Crippen molar-refractivity contribution in [3.8, 4) is 0 Å². The van der Waals surface area contributed by atoms with Gasteiger partial charge in [-0.05, 0) is 20.0 Å². The Labute approximate surface area is 29.0 Å². The van der Waals surface area contributed by atoms with E-state index in [0.717, 1.165) is 0 Å². The van der Waals surface area contributed by atoms with Crippen molar-refractivity contribution in [1.82, 2.24) is 0 Å². The molecule has 0 saturated heterocycles. The van der Waals surface area contributed by atoms with Crippen molar-refractivity contribution in [1.29, 1.82) is 0 Å². The molecule has 0 rings (SSSR count). The Morgan fingerprint density at radius 2 is 1.00 bits per heavy atom. The number of hydrogen-bond acceptors (Lipinski definition) is 0. The lowest BCUT2D eigenvalue weighted by Crippen LogP contribution is -1.30. The molecule has 0 aliphatic carbocycles. The molecular formula is C3H6P. The molecule has 0 N–H and O–H groups in total. The molecule has 0 unspecified atom stereocenters. The minimum atomic E-state index is -0.370. The highest BCUT2D eigenvalue weighted by molar-refractivity contribution is 7.61. The molecule has 0 bridgehead atoms. The molecule has 0 nitrogen and oxygen atoms in total. The largest absolute Gasteiger partial charge is 0.106 e. The van der Waals surface area contributed by atoms with E-state index in [1.807, 2.05) is 0 Å². The Bertz CT molecular complexity index is 8.00. The minimum absolute atomic E-state index is 0.370. The molecule has 0 aromatic rings. The molecule has 0 aliphatic heterocycles. The zero-order valence-electron chi connectivity index (χ0n) is 2.57. The lowest BCUT2D eigenvalue weighted by atomic mass is 11.9. The summed E-state index contributed by atoms with van der Waals surface area (Å²) in [6.07, 6.45) is 0. The van der Waals surface area contributed by atoms with Crippen molar-refractivity contribution in [3.05, 3.63) is 20.0 Å². The van der Waals surface area contributed by atoms with Gasteiger partial charge in [0, 0.05) is 0 Å². The molecule has 0 amide bonds. The summed E-state index contributed by atoms with van der Waals surface area (Å²) in [5.74, 6) is 0. The third kappa shape index (κ3) is 26.9. The van der Waals surface area contributed by atoms with Crippen molar-refractivity contribution in [2.45, 2.75) is 0 Å². The van der Waals surface area contributed by atoms with Crippen molar-refractivity contribution < 1.29 is 0 Å². The minimum Gasteiger partial charge on any atom is -0.106 e. The van der Waals surface area contributed by atoms with Crippen LogP contribution in [0.3, 0.4) is 0 Å². The van der Waals surface area contributed by atoms with Crippen molar-refractivity contribution in [2.75, 3.05) is 0 Å². The molecular weight excluding hydrogens is 67.0 g/mol. The Balaban J connectivity index is 2.32. The molecule has 0 aliphatic rings. The Morgan fingerprint density at radius 3 is 1.00 bits per heavy atom. The summed E-state index contributed by atoms with van der Waals surface area (Å²) in [5.41, 5.74) is 0. The molecule has 1 heteroatoms. The van der Waals surface area contributed by atoms with Crippen LogP contribution >= 0.6 is 7.92 Å². The van der Waals surface area contributed by atoms with Gasteiger partial charge in [-0.25, -0.2) is 0 Å². The third-order valence-corrected chi connectivity index (χ3v) is 0. The van der Waals surface area contributed by atoms with E-state index in [4.69, 9.17) is 0 Å². The molecule has 0 heterocycles. The van der Waals surface area contributed by atoms with Gasteiger partial charge in [0.05, 0.1) is 0 Å². The smallest absolute Gasteiger partial charge is 0.0286 e. The maximum atomic E-state index is 3.48. The van der Waals surface area contributed by atoms with Gasteiger partial charge in [-0.1, -0.05) is 0 Å². The van der Waals surface area contributed by atoms with Gasteiger partial charge < -0.3 is 0 Å². The van der Waals surface area contributed by atoms with Gasteiger partial charge in [0.15, 0.2) is 0 Å². The summed E-state index contributed by atoms with van der Waals surface area (Å²) < 4.78 is 0. The maximum Gasteiger partial charge on any atom is -0.0286 e. The molecule has 0 spiro atoms. The second-order valence-corrected chi connectivity index (χ2v) is 2.01. The third-order valence-electron chi connectivity index (χ3n) is 0. The van der Waals surface area contributed by atoms with Crippen LogP contribution in [0.5, 0.6) is 0 Å². The fourth-order valence-electron chi connectivity index (χ4n) is 0. The first kappa shape index (κ1) is 4.43. The van der Waals surface area contributed by atoms with Crippen LogP contribution in [0.15, 0.2) is 0 Å². The van der Waals surface area contributed by atoms with E-state index in [1.165, 1.54) is 0 Å². The van der Waals surface area contributed by atoms with Crippen molar-refractivity contribution >= 4 is 7.92 Å². The molecule has 0 fully saturated rings. The Kier molecular flexibility index (Phi) is 1.91. The van der Waals surface area contributed by atoms with Gasteiger partial charge in [-0.2, -0.15) is 0 Å². The van der Waals surface area contributed by atoms with Crippen LogP contribution in [0.4, 0.5) is 0 Å². The van der Waals surface area contributed by atoms with Crippen LogP contribution in [-0.4, -0.2) is 0 Å². The SMILES string of the molecule is [CH2]P([CH2])[CH2]. The highest BCUT2D eigenvalue weighted by Gasteiger charge is 1.67. The highest BCUT2D eigenvalue weighted by atomic mass is 31.1. The average Bonchev–Trinajstić information content (AvgIpc) is 0.811. The van der Waals surface area contributed by atoms with E-state index in [2.05, 4.69) is 20.0 Å². The van der Waals surface area contributed by atoms with Gasteiger partial charge >= 0.3 is 0 Å². The van der Waals surface area contributed by atoms with Gasteiger partial charge in [0.25, 0.3) is 0 Å². The van der Waals surface area contributed by atoms with Gasteiger partial charge in [-0.15, -0.1) is 7.92 Å². The number of hydrogen-bond donors (Lipinski definition) is 0. The fourth-order valence-corrected chi connectivity index (χ4v) is 0. The van der Waals surface area contributed by atoms with Gasteiger partial charge in [-0.3, -0.25) is 0 Å². The summed E-state index contributed by atoms with van der Waals surface area (Å²) in [4.78, 5) is 0. The molecule has 23 valence electrons. The molecule has 0 aromatic carbocycles. The van der Waals surface area contributed by atoms with Crippen LogP contribution in [0.25, 0.3) is 0 Å². The topological polar surface area (TPSA) is 0 Å². The second-order valence-electron chi connectivity index (χ2n) is 0.671. The first-order chi connectivity index (χ1) is 1.73. The van der Waals surface area contributed by atoms with E-state index < -0.39 is 0 Å². The lowest BCUT2D eigenvalue weighted by molar-refractivity contribution is 2.56. The predicted molar refractivity (Wildman–Crippen MR) is 23.0 cm³/mol. The summed E-state index contributed by atoms with van der Waals surface area (Å²) in [6, 6.07) is 0. The average molecular weight is 73.1 g/mol. The van der Waals surface area contributed by atoms with Crippen LogP contribution < -0.4 is 0 Å². The van der Waals surface area contributed by atoms with Gasteiger partial charge in [0.1, 0.15) is 0 Å². The monoisotopic (exact) mass is 73.0 g/mol.